The second kappa shape index (κ2) is 8.98. The van der Waals surface area contributed by atoms with Gasteiger partial charge in [-0.15, -0.1) is 0 Å². The third-order valence-electron chi connectivity index (χ3n) is 3.62. The van der Waals surface area contributed by atoms with Gasteiger partial charge >= 0.3 is 0 Å². The van der Waals surface area contributed by atoms with E-state index in [0.29, 0.717) is 6.04 Å². The average Bonchev–Trinajstić information content (AvgIpc) is 2.37. The molecule has 0 atom stereocenters. The van der Waals surface area contributed by atoms with Gasteiger partial charge in [-0.25, -0.2) is 0 Å². The first-order valence-corrected chi connectivity index (χ1v) is 7.72. The van der Waals surface area contributed by atoms with E-state index >= 15 is 0 Å². The van der Waals surface area contributed by atoms with Gasteiger partial charge in [0.1, 0.15) is 0 Å². The molecule has 2 N–H and O–H groups in total. The smallest absolute Gasteiger partial charge is 0.0317 e. The van der Waals surface area contributed by atoms with Crippen LogP contribution in [-0.4, -0.2) is 17.5 Å². The summed E-state index contributed by atoms with van der Waals surface area (Å²) in [5.41, 5.74) is 8.03. The van der Waals surface area contributed by atoms with Crippen molar-refractivity contribution in [2.45, 2.75) is 65.5 Å². The number of nitrogens with zero attached hydrogens (tertiary/aromatic N) is 1. The maximum Gasteiger partial charge on any atom is 0.0317 e. The fraction of sp³-hybridized carbons (Fsp3) is 0.647. The number of benzene rings is 1. The Morgan fingerprint density at radius 2 is 1.84 bits per heavy atom. The zero-order valence-corrected chi connectivity index (χ0v) is 12.9. The lowest BCUT2D eigenvalue weighted by molar-refractivity contribution is 0.208. The van der Waals surface area contributed by atoms with Crippen LogP contribution >= 0.6 is 0 Å². The Hall–Kier alpha value is -1.02. The van der Waals surface area contributed by atoms with Crippen LogP contribution in [0.3, 0.4) is 0 Å². The first-order chi connectivity index (χ1) is 9.13. The molecule has 1 rings (SSSR count). The van der Waals surface area contributed by atoms with E-state index in [9.17, 15) is 0 Å². The molecule has 0 saturated carbocycles. The Bertz CT molecular complexity index is 347. The summed E-state index contributed by atoms with van der Waals surface area (Å²) in [7, 11) is 0. The highest BCUT2D eigenvalue weighted by Crippen LogP contribution is 2.13. The summed E-state index contributed by atoms with van der Waals surface area (Å²) >= 11 is 0. The molecule has 0 aliphatic carbocycles. The summed E-state index contributed by atoms with van der Waals surface area (Å²) in [6, 6.07) is 8.85. The largest absolute Gasteiger partial charge is 0.399 e. The van der Waals surface area contributed by atoms with Crippen molar-refractivity contribution in [1.82, 2.24) is 4.90 Å². The highest BCUT2D eigenvalue weighted by Gasteiger charge is 2.09. The van der Waals surface area contributed by atoms with Crippen molar-refractivity contribution in [2.24, 2.45) is 0 Å². The van der Waals surface area contributed by atoms with Crippen LogP contribution in [0, 0.1) is 0 Å². The predicted octanol–water partition coefficient (Wildman–Crippen LogP) is 4.45. The van der Waals surface area contributed by atoms with Crippen molar-refractivity contribution in [3.63, 3.8) is 0 Å². The molecule has 0 unspecified atom stereocenters. The van der Waals surface area contributed by atoms with Crippen LogP contribution in [0.1, 0.15) is 58.4 Å². The van der Waals surface area contributed by atoms with E-state index in [2.05, 4.69) is 37.8 Å². The van der Waals surface area contributed by atoms with E-state index in [-0.39, 0.29) is 0 Å². The number of nitrogens with two attached hydrogens (primary N) is 1. The van der Waals surface area contributed by atoms with Crippen molar-refractivity contribution < 1.29 is 0 Å². The molecule has 0 saturated heterocycles. The molecule has 108 valence electrons. The van der Waals surface area contributed by atoms with Crippen LogP contribution in [0.5, 0.6) is 0 Å². The van der Waals surface area contributed by atoms with Crippen LogP contribution in [0.2, 0.25) is 0 Å². The molecule has 0 aliphatic rings. The third kappa shape index (κ3) is 6.63. The van der Waals surface area contributed by atoms with Gasteiger partial charge in [0.2, 0.25) is 0 Å². The van der Waals surface area contributed by atoms with Crippen molar-refractivity contribution in [3.8, 4) is 0 Å². The molecule has 0 amide bonds. The normalized spacial score (nSPS) is 11.4. The lowest BCUT2D eigenvalue weighted by Crippen LogP contribution is -2.31. The van der Waals surface area contributed by atoms with E-state index in [0.717, 1.165) is 12.2 Å². The lowest BCUT2D eigenvalue weighted by atomic mass is 10.1. The van der Waals surface area contributed by atoms with Gasteiger partial charge in [0.05, 0.1) is 0 Å². The van der Waals surface area contributed by atoms with Gasteiger partial charge in [0.25, 0.3) is 0 Å². The molecule has 2 nitrogen and oxygen atoms in total. The van der Waals surface area contributed by atoms with Crippen LogP contribution in [0.25, 0.3) is 0 Å². The van der Waals surface area contributed by atoms with E-state index in [4.69, 9.17) is 5.73 Å². The standard InChI is InChI=1S/C17H30N2/c1-4-5-6-7-8-12-19(15(2)3)14-16-10-9-11-17(18)13-16/h9-11,13,15H,4-8,12,14,18H2,1-3H3. The molecule has 0 fully saturated rings. The second-order valence-corrected chi connectivity index (χ2v) is 5.72. The number of hydrogen-bond acceptors (Lipinski definition) is 2. The molecule has 0 aromatic heterocycles. The maximum absolute atomic E-state index is 5.85. The number of nitrogen functional groups attached to an aromatic ring is 1. The first-order valence-electron chi connectivity index (χ1n) is 7.72. The molecule has 0 radical (unpaired) electrons. The summed E-state index contributed by atoms with van der Waals surface area (Å²) in [5, 5.41) is 0. The summed E-state index contributed by atoms with van der Waals surface area (Å²) in [5.74, 6) is 0. The van der Waals surface area contributed by atoms with Gasteiger partial charge in [0.15, 0.2) is 0 Å². The Labute approximate surface area is 119 Å². The zero-order valence-electron chi connectivity index (χ0n) is 12.9. The maximum atomic E-state index is 5.85. The lowest BCUT2D eigenvalue weighted by Gasteiger charge is -2.26. The predicted molar refractivity (Wildman–Crippen MR) is 85.2 cm³/mol. The molecule has 2 heteroatoms. The van der Waals surface area contributed by atoms with Gasteiger partial charge in [0, 0.05) is 18.3 Å². The quantitative estimate of drug-likeness (QED) is 0.526. The molecule has 0 bridgehead atoms. The van der Waals surface area contributed by atoms with Gasteiger partial charge < -0.3 is 5.73 Å². The van der Waals surface area contributed by atoms with E-state index < -0.39 is 0 Å². The van der Waals surface area contributed by atoms with Gasteiger partial charge in [-0.1, -0.05) is 44.7 Å². The molecule has 19 heavy (non-hydrogen) atoms. The summed E-state index contributed by atoms with van der Waals surface area (Å²) < 4.78 is 0. The van der Waals surface area contributed by atoms with Gasteiger partial charge in [-0.2, -0.15) is 0 Å². The number of unbranched alkanes of at least 4 members (excludes halogenated alkanes) is 4. The molecule has 1 aromatic rings. The van der Waals surface area contributed by atoms with Crippen LogP contribution in [-0.2, 0) is 6.54 Å². The molecule has 1 aromatic carbocycles. The van der Waals surface area contributed by atoms with E-state index in [1.54, 1.807) is 0 Å². The fourth-order valence-corrected chi connectivity index (χ4v) is 2.36. The van der Waals surface area contributed by atoms with Gasteiger partial charge in [-0.05, 0) is 44.5 Å². The minimum Gasteiger partial charge on any atom is -0.399 e. The third-order valence-corrected chi connectivity index (χ3v) is 3.62. The van der Waals surface area contributed by atoms with Crippen LogP contribution in [0.4, 0.5) is 5.69 Å². The zero-order chi connectivity index (χ0) is 14.1. The van der Waals surface area contributed by atoms with Crippen LogP contribution < -0.4 is 5.73 Å². The van der Waals surface area contributed by atoms with E-state index in [1.807, 2.05) is 12.1 Å². The van der Waals surface area contributed by atoms with Crippen molar-refractivity contribution in [3.05, 3.63) is 29.8 Å². The average molecular weight is 262 g/mol. The topological polar surface area (TPSA) is 29.3 Å². The van der Waals surface area contributed by atoms with E-state index in [1.165, 1.54) is 44.2 Å². The highest BCUT2D eigenvalue weighted by molar-refractivity contribution is 5.40. The van der Waals surface area contributed by atoms with Crippen molar-refractivity contribution in [2.75, 3.05) is 12.3 Å². The molecule has 0 heterocycles. The highest BCUT2D eigenvalue weighted by atomic mass is 15.1. The molecule has 0 aliphatic heterocycles. The Morgan fingerprint density at radius 3 is 2.47 bits per heavy atom. The summed E-state index contributed by atoms with van der Waals surface area (Å²) in [6.07, 6.45) is 6.73. The van der Waals surface area contributed by atoms with Crippen LogP contribution in [0.15, 0.2) is 24.3 Å². The minimum absolute atomic E-state index is 0.590. The Morgan fingerprint density at radius 1 is 1.11 bits per heavy atom. The summed E-state index contributed by atoms with van der Waals surface area (Å²) in [4.78, 5) is 2.54. The molecule has 0 spiro atoms. The van der Waals surface area contributed by atoms with Crippen molar-refractivity contribution in [1.29, 1.82) is 0 Å². The minimum atomic E-state index is 0.590. The molecular weight excluding hydrogens is 232 g/mol. The first kappa shape index (κ1) is 16.0. The fourth-order valence-electron chi connectivity index (χ4n) is 2.36. The number of anilines is 1. The number of hydrogen-bond donors (Lipinski definition) is 1. The Kier molecular flexibility index (Phi) is 7.57. The Balaban J connectivity index is 2.40. The van der Waals surface area contributed by atoms with Gasteiger partial charge in [-0.3, -0.25) is 4.90 Å². The monoisotopic (exact) mass is 262 g/mol. The summed E-state index contributed by atoms with van der Waals surface area (Å²) in [6.45, 7) is 9.02. The second-order valence-electron chi connectivity index (χ2n) is 5.72. The van der Waals surface area contributed by atoms with Crippen molar-refractivity contribution >= 4 is 5.69 Å². The molecular formula is C17H30N2. The number of rotatable bonds is 9. The SMILES string of the molecule is CCCCCCCN(Cc1cccc(N)c1)C(C)C.